The number of rotatable bonds is 7. The van der Waals surface area contributed by atoms with Gasteiger partial charge in [-0.05, 0) is 24.8 Å². The van der Waals surface area contributed by atoms with E-state index >= 15 is 0 Å². The molecule has 1 N–H and O–H groups in total. The number of amides is 1. The zero-order chi connectivity index (χ0) is 19.6. The van der Waals surface area contributed by atoms with Crippen LogP contribution in [0.5, 0.6) is 0 Å². The van der Waals surface area contributed by atoms with Crippen molar-refractivity contribution < 1.29 is 4.79 Å². The third-order valence-corrected chi connectivity index (χ3v) is 6.43. The molecule has 144 valence electrons. The minimum atomic E-state index is -0.239. The fraction of sp³-hybridized carbons (Fsp3) is 0.474. The number of thiophene rings is 1. The minimum Gasteiger partial charge on any atom is -0.299 e. The first-order valence-corrected chi connectivity index (χ1v) is 10.9. The van der Waals surface area contributed by atoms with E-state index < -0.39 is 0 Å². The molecule has 6 nitrogen and oxygen atoms in total. The van der Waals surface area contributed by atoms with Gasteiger partial charge in [0.05, 0.1) is 22.3 Å². The van der Waals surface area contributed by atoms with E-state index in [0.29, 0.717) is 38.3 Å². The average molecular weight is 405 g/mol. The van der Waals surface area contributed by atoms with Crippen molar-refractivity contribution in [1.82, 2.24) is 14.5 Å². The molecule has 0 saturated heterocycles. The minimum absolute atomic E-state index is 0.0692. The molecule has 0 fully saturated rings. The van der Waals surface area contributed by atoms with Crippen molar-refractivity contribution in [2.75, 3.05) is 5.32 Å². The van der Waals surface area contributed by atoms with Crippen LogP contribution in [0.25, 0.3) is 10.2 Å². The fourth-order valence-electron chi connectivity index (χ4n) is 2.83. The molecule has 0 bridgehead atoms. The molecule has 0 aliphatic rings. The first-order chi connectivity index (χ1) is 12.9. The lowest BCUT2D eigenvalue weighted by molar-refractivity contribution is 0.103. The fourth-order valence-corrected chi connectivity index (χ4v) is 4.73. The van der Waals surface area contributed by atoms with Gasteiger partial charge < -0.3 is 0 Å². The van der Waals surface area contributed by atoms with Crippen molar-refractivity contribution in [1.29, 1.82) is 0 Å². The number of aryl methyl sites for hydroxylation is 2. The molecule has 3 aromatic heterocycles. The molecule has 0 unspecified atom stereocenters. The van der Waals surface area contributed by atoms with Gasteiger partial charge in [-0.25, -0.2) is 9.97 Å². The topological polar surface area (TPSA) is 76.9 Å². The van der Waals surface area contributed by atoms with Gasteiger partial charge in [0.15, 0.2) is 5.13 Å². The summed E-state index contributed by atoms with van der Waals surface area (Å²) in [6.45, 7) is 8.73. The lowest BCUT2D eigenvalue weighted by atomic mass is 10.2. The van der Waals surface area contributed by atoms with Crippen LogP contribution < -0.4 is 10.9 Å². The first kappa shape index (κ1) is 19.7. The Labute approximate surface area is 166 Å². The van der Waals surface area contributed by atoms with Crippen molar-refractivity contribution in [2.24, 2.45) is 0 Å². The number of hydrogen-bond donors (Lipinski definition) is 1. The Balaban J connectivity index is 1.88. The van der Waals surface area contributed by atoms with Crippen LogP contribution in [0.4, 0.5) is 5.13 Å². The highest BCUT2D eigenvalue weighted by Gasteiger charge is 2.20. The van der Waals surface area contributed by atoms with Gasteiger partial charge in [0.1, 0.15) is 4.83 Å². The molecule has 0 radical (unpaired) electrons. The van der Waals surface area contributed by atoms with Crippen molar-refractivity contribution >= 4 is 43.9 Å². The van der Waals surface area contributed by atoms with Crippen molar-refractivity contribution in [3.05, 3.63) is 38.2 Å². The monoisotopic (exact) mass is 404 g/mol. The maximum Gasteiger partial charge on any atom is 0.267 e. The van der Waals surface area contributed by atoms with E-state index in [1.807, 2.05) is 12.3 Å². The van der Waals surface area contributed by atoms with E-state index in [4.69, 9.17) is 0 Å². The van der Waals surface area contributed by atoms with E-state index in [0.717, 1.165) is 25.0 Å². The quantitative estimate of drug-likeness (QED) is 0.575. The molecule has 1 amide bonds. The van der Waals surface area contributed by atoms with Crippen molar-refractivity contribution in [3.63, 3.8) is 0 Å². The van der Waals surface area contributed by atoms with Gasteiger partial charge in [-0.3, -0.25) is 19.5 Å². The largest absolute Gasteiger partial charge is 0.299 e. The van der Waals surface area contributed by atoms with Crippen LogP contribution in [0.1, 0.15) is 66.9 Å². The van der Waals surface area contributed by atoms with Crippen LogP contribution in [0.15, 0.2) is 16.5 Å². The molecule has 0 atom stereocenters. The third-order valence-electron chi connectivity index (χ3n) is 4.46. The number of nitrogens with one attached hydrogen (secondary N) is 1. The number of hydrogen-bond acceptors (Lipinski definition) is 6. The van der Waals surface area contributed by atoms with E-state index in [2.05, 4.69) is 36.1 Å². The summed E-state index contributed by atoms with van der Waals surface area (Å²) < 4.78 is 1.65. The molecule has 0 aromatic carbocycles. The van der Waals surface area contributed by atoms with Gasteiger partial charge in [0.25, 0.3) is 11.5 Å². The second-order valence-electron chi connectivity index (χ2n) is 6.87. The Kier molecular flexibility index (Phi) is 6.06. The Morgan fingerprint density at radius 1 is 1.33 bits per heavy atom. The molecule has 0 saturated carbocycles. The van der Waals surface area contributed by atoms with Crippen LogP contribution in [0.3, 0.4) is 0 Å². The van der Waals surface area contributed by atoms with Crippen LogP contribution in [-0.4, -0.2) is 20.4 Å². The second-order valence-corrected chi connectivity index (χ2v) is 8.73. The molecule has 3 heterocycles. The molecule has 27 heavy (non-hydrogen) atoms. The number of nitrogens with zero attached hydrogens (tertiary/aromatic N) is 3. The van der Waals surface area contributed by atoms with E-state index in [-0.39, 0.29) is 11.5 Å². The zero-order valence-corrected chi connectivity index (χ0v) is 17.7. The number of carbonyl (C=O) groups is 1. The average Bonchev–Trinajstić information content (AvgIpc) is 3.22. The predicted octanol–water partition coefficient (Wildman–Crippen LogP) is 4.79. The molecule has 0 aliphatic heterocycles. The number of aromatic nitrogens is 3. The highest BCUT2D eigenvalue weighted by atomic mass is 32.1. The summed E-state index contributed by atoms with van der Waals surface area (Å²) in [4.78, 5) is 35.5. The normalized spacial score (nSPS) is 11.4. The van der Waals surface area contributed by atoms with Crippen LogP contribution >= 0.6 is 22.7 Å². The van der Waals surface area contributed by atoms with Gasteiger partial charge in [0.2, 0.25) is 0 Å². The van der Waals surface area contributed by atoms with Crippen LogP contribution in [-0.2, 0) is 6.54 Å². The summed E-state index contributed by atoms with van der Waals surface area (Å²) in [5.41, 5.74) is 1.58. The van der Waals surface area contributed by atoms with Crippen molar-refractivity contribution in [3.8, 4) is 0 Å². The summed E-state index contributed by atoms with van der Waals surface area (Å²) >= 11 is 2.67. The van der Waals surface area contributed by atoms with Crippen molar-refractivity contribution in [2.45, 2.75) is 59.4 Å². The molecule has 3 aromatic rings. The molecular formula is C19H24N4O2S2. The van der Waals surface area contributed by atoms with E-state index in [9.17, 15) is 9.59 Å². The number of carbonyl (C=O) groups excluding carboxylic acids is 1. The molecule has 0 aliphatic carbocycles. The standard InChI is InChI=1S/C19H24N4O2S2/c1-5-6-7-8-23-10-20-17-14(18(23)25)12(4)15(27-17)16(24)22-19-21-13(9-26-19)11(2)3/h9-11H,5-8H2,1-4H3,(H,21,22,24). The summed E-state index contributed by atoms with van der Waals surface area (Å²) in [7, 11) is 0. The maximum absolute atomic E-state index is 12.8. The lowest BCUT2D eigenvalue weighted by Gasteiger charge is -2.04. The molecule has 0 spiro atoms. The Bertz CT molecular complexity index is 1020. The number of thiazole rings is 1. The third kappa shape index (κ3) is 4.11. The number of unbranched alkanes of at least 4 members (excludes halogenated alkanes) is 2. The van der Waals surface area contributed by atoms with Gasteiger partial charge >= 0.3 is 0 Å². The predicted molar refractivity (Wildman–Crippen MR) is 112 cm³/mol. The highest BCUT2D eigenvalue weighted by Crippen LogP contribution is 2.28. The van der Waals surface area contributed by atoms with Gasteiger partial charge in [-0.2, -0.15) is 0 Å². The first-order valence-electron chi connectivity index (χ1n) is 9.17. The molecule has 3 rings (SSSR count). The second kappa shape index (κ2) is 8.31. The summed E-state index contributed by atoms with van der Waals surface area (Å²) in [6, 6.07) is 0. The van der Waals surface area contributed by atoms with Crippen LogP contribution in [0, 0.1) is 6.92 Å². The number of fused-ring (bicyclic) bond motifs is 1. The van der Waals surface area contributed by atoms with Gasteiger partial charge in [0, 0.05) is 11.9 Å². The van der Waals surface area contributed by atoms with E-state index in [1.54, 1.807) is 10.9 Å². The Hall–Kier alpha value is -2.06. The van der Waals surface area contributed by atoms with Gasteiger partial charge in [-0.1, -0.05) is 33.6 Å². The molecule has 8 heteroatoms. The summed E-state index contributed by atoms with van der Waals surface area (Å²) in [6.07, 6.45) is 4.71. The Morgan fingerprint density at radius 3 is 2.78 bits per heavy atom. The number of anilines is 1. The highest BCUT2D eigenvalue weighted by molar-refractivity contribution is 7.21. The maximum atomic E-state index is 12.8. The summed E-state index contributed by atoms with van der Waals surface area (Å²) in [5, 5.41) is 5.93. The zero-order valence-electron chi connectivity index (χ0n) is 16.0. The SMILES string of the molecule is CCCCCn1cnc2sc(C(=O)Nc3nc(C(C)C)cs3)c(C)c2c1=O. The van der Waals surface area contributed by atoms with E-state index in [1.165, 1.54) is 22.7 Å². The van der Waals surface area contributed by atoms with Gasteiger partial charge in [-0.15, -0.1) is 22.7 Å². The smallest absolute Gasteiger partial charge is 0.267 e. The Morgan fingerprint density at radius 2 is 2.11 bits per heavy atom. The van der Waals surface area contributed by atoms with Crippen LogP contribution in [0.2, 0.25) is 0 Å². The molecular weight excluding hydrogens is 380 g/mol. The lowest BCUT2D eigenvalue weighted by Crippen LogP contribution is -2.20. The summed E-state index contributed by atoms with van der Waals surface area (Å²) in [5.74, 6) is 0.0745.